The fraction of sp³-hybridized carbons (Fsp3) is 0.300. The van der Waals surface area contributed by atoms with E-state index >= 15 is 0 Å². The Balaban J connectivity index is 3.08. The molecule has 1 aromatic rings. The van der Waals surface area contributed by atoms with E-state index < -0.39 is 36.8 Å². The van der Waals surface area contributed by atoms with Gasteiger partial charge in [0.2, 0.25) is 0 Å². The lowest BCUT2D eigenvalue weighted by Crippen LogP contribution is -2.35. The van der Waals surface area contributed by atoms with Gasteiger partial charge >= 0.3 is 18.1 Å². The van der Waals surface area contributed by atoms with E-state index in [4.69, 9.17) is 10.2 Å². The van der Waals surface area contributed by atoms with Crippen LogP contribution in [0.1, 0.15) is 5.56 Å². The number of hydrogen-bond acceptors (Lipinski definition) is 4. The van der Waals surface area contributed by atoms with Crippen LogP contribution in [0.4, 0.5) is 19.0 Å². The molecular formula is C10H9F3N2O4. The molecule has 0 saturated heterocycles. The van der Waals surface area contributed by atoms with E-state index in [1.165, 1.54) is 0 Å². The van der Waals surface area contributed by atoms with E-state index in [1.54, 1.807) is 0 Å². The highest BCUT2D eigenvalue weighted by Crippen LogP contribution is 2.30. The Bertz CT molecular complexity index is 474. The molecule has 0 aliphatic carbocycles. The lowest BCUT2D eigenvalue weighted by molar-refractivity contribution is -0.138. The molecule has 104 valence electrons. The number of rotatable bonds is 5. The zero-order valence-electron chi connectivity index (χ0n) is 9.39. The summed E-state index contributed by atoms with van der Waals surface area (Å²) in [4.78, 5) is 25.4. The first-order valence-corrected chi connectivity index (χ1v) is 4.92. The highest BCUT2D eigenvalue weighted by Gasteiger charge is 2.31. The fourth-order valence-electron chi connectivity index (χ4n) is 1.31. The van der Waals surface area contributed by atoms with Gasteiger partial charge < -0.3 is 15.1 Å². The summed E-state index contributed by atoms with van der Waals surface area (Å²) < 4.78 is 37.4. The van der Waals surface area contributed by atoms with Crippen LogP contribution in [0.5, 0.6) is 0 Å². The van der Waals surface area contributed by atoms with E-state index in [-0.39, 0.29) is 5.82 Å². The molecule has 0 saturated carbocycles. The molecule has 6 nitrogen and oxygen atoms in total. The van der Waals surface area contributed by atoms with Crippen LogP contribution in [-0.2, 0) is 15.8 Å². The molecule has 19 heavy (non-hydrogen) atoms. The molecule has 0 bridgehead atoms. The Hall–Kier alpha value is -2.32. The minimum Gasteiger partial charge on any atom is -0.480 e. The number of hydrogen-bond donors (Lipinski definition) is 2. The third kappa shape index (κ3) is 4.45. The average molecular weight is 278 g/mol. The second-order valence-corrected chi connectivity index (χ2v) is 3.54. The lowest BCUT2D eigenvalue weighted by Gasteiger charge is -2.20. The summed E-state index contributed by atoms with van der Waals surface area (Å²) in [5.74, 6) is -3.11. The van der Waals surface area contributed by atoms with Gasteiger partial charge in [0.15, 0.2) is 0 Å². The van der Waals surface area contributed by atoms with Gasteiger partial charge in [-0.05, 0) is 12.1 Å². The van der Waals surface area contributed by atoms with E-state index in [0.717, 1.165) is 11.1 Å². The molecule has 0 atom stereocenters. The summed E-state index contributed by atoms with van der Waals surface area (Å²) in [5.41, 5.74) is -1.03. The minimum absolute atomic E-state index is 0.361. The van der Waals surface area contributed by atoms with Crippen molar-refractivity contribution in [3.8, 4) is 0 Å². The molecule has 1 heterocycles. The van der Waals surface area contributed by atoms with Gasteiger partial charge in [-0.15, -0.1) is 0 Å². The molecule has 0 amide bonds. The lowest BCUT2D eigenvalue weighted by atomic mass is 10.2. The number of anilines is 1. The second kappa shape index (κ2) is 5.55. The van der Waals surface area contributed by atoms with Crippen molar-refractivity contribution in [3.05, 3.63) is 23.9 Å². The Labute approximate surface area is 105 Å². The molecule has 0 aliphatic heterocycles. The normalized spacial score (nSPS) is 11.1. The van der Waals surface area contributed by atoms with Crippen molar-refractivity contribution in [1.82, 2.24) is 4.98 Å². The molecule has 0 unspecified atom stereocenters. The minimum atomic E-state index is -4.62. The molecule has 1 aromatic heterocycles. The monoisotopic (exact) mass is 278 g/mol. The topological polar surface area (TPSA) is 90.7 Å². The third-order valence-corrected chi connectivity index (χ3v) is 2.05. The Kier molecular flexibility index (Phi) is 4.30. The molecule has 0 aromatic carbocycles. The van der Waals surface area contributed by atoms with Crippen LogP contribution in [0.25, 0.3) is 0 Å². The van der Waals surface area contributed by atoms with Crippen molar-refractivity contribution in [2.75, 3.05) is 18.0 Å². The van der Waals surface area contributed by atoms with Crippen molar-refractivity contribution < 1.29 is 33.0 Å². The van der Waals surface area contributed by atoms with Gasteiger partial charge in [0.05, 0.1) is 5.56 Å². The van der Waals surface area contributed by atoms with Crippen LogP contribution in [0.2, 0.25) is 0 Å². The molecule has 0 fully saturated rings. The molecule has 0 spiro atoms. The van der Waals surface area contributed by atoms with Gasteiger partial charge in [0.25, 0.3) is 0 Å². The van der Waals surface area contributed by atoms with Gasteiger partial charge in [-0.25, -0.2) is 4.98 Å². The van der Waals surface area contributed by atoms with Gasteiger partial charge in [0, 0.05) is 6.20 Å². The summed E-state index contributed by atoms with van der Waals surface area (Å²) in [6.45, 7) is -1.53. The summed E-state index contributed by atoms with van der Waals surface area (Å²) in [5, 5.41) is 17.2. The van der Waals surface area contributed by atoms with Crippen LogP contribution in [0.15, 0.2) is 18.3 Å². The number of carbonyl (C=O) groups is 2. The first-order valence-electron chi connectivity index (χ1n) is 4.92. The zero-order chi connectivity index (χ0) is 14.6. The standard InChI is InChI=1S/C10H9F3N2O4/c11-10(12,13)6-1-2-14-7(3-6)15(4-8(16)17)5-9(18)19/h1-3H,4-5H2,(H,16,17)(H,18,19). The molecule has 2 N–H and O–H groups in total. The smallest absolute Gasteiger partial charge is 0.416 e. The maximum atomic E-state index is 12.5. The highest BCUT2D eigenvalue weighted by molar-refractivity contribution is 5.78. The van der Waals surface area contributed by atoms with Crippen molar-refractivity contribution in [1.29, 1.82) is 0 Å². The quantitative estimate of drug-likeness (QED) is 0.837. The first-order chi connectivity index (χ1) is 8.70. The van der Waals surface area contributed by atoms with Crippen molar-refractivity contribution in [3.63, 3.8) is 0 Å². The summed E-state index contributed by atoms with van der Waals surface area (Å²) in [6.07, 6.45) is -3.77. The Morgan fingerprint density at radius 2 is 1.74 bits per heavy atom. The number of carboxylic acid groups (broad SMARTS) is 2. The Morgan fingerprint density at radius 1 is 1.21 bits per heavy atom. The number of aliphatic carboxylic acids is 2. The molecule has 0 radical (unpaired) electrons. The molecule has 9 heteroatoms. The first kappa shape index (κ1) is 14.7. The predicted octanol–water partition coefficient (Wildman–Crippen LogP) is 1.08. The van der Waals surface area contributed by atoms with Crippen LogP contribution in [0, 0.1) is 0 Å². The van der Waals surface area contributed by atoms with Gasteiger partial charge in [-0.3, -0.25) is 9.59 Å². The number of alkyl halides is 3. The summed E-state index contributed by atoms with van der Waals surface area (Å²) in [7, 11) is 0. The number of halogens is 3. The SMILES string of the molecule is O=C(O)CN(CC(=O)O)c1cc(C(F)(F)F)ccn1. The van der Waals surface area contributed by atoms with Crippen LogP contribution in [0.3, 0.4) is 0 Å². The van der Waals surface area contributed by atoms with Crippen molar-refractivity contribution in [2.24, 2.45) is 0 Å². The van der Waals surface area contributed by atoms with Gasteiger partial charge in [-0.2, -0.15) is 13.2 Å². The second-order valence-electron chi connectivity index (χ2n) is 3.54. The van der Waals surface area contributed by atoms with Crippen molar-refractivity contribution >= 4 is 17.8 Å². The van der Waals surface area contributed by atoms with Crippen LogP contribution >= 0.6 is 0 Å². The number of pyridine rings is 1. The predicted molar refractivity (Wildman–Crippen MR) is 56.7 cm³/mol. The fourth-order valence-corrected chi connectivity index (χ4v) is 1.31. The molecule has 1 rings (SSSR count). The van der Waals surface area contributed by atoms with Crippen LogP contribution in [-0.4, -0.2) is 40.2 Å². The Morgan fingerprint density at radius 3 is 2.16 bits per heavy atom. The highest BCUT2D eigenvalue weighted by atomic mass is 19.4. The maximum Gasteiger partial charge on any atom is 0.416 e. The summed E-state index contributed by atoms with van der Waals surface area (Å²) in [6, 6.07) is 1.31. The largest absolute Gasteiger partial charge is 0.480 e. The molecular weight excluding hydrogens is 269 g/mol. The van der Waals surface area contributed by atoms with Gasteiger partial charge in [-0.1, -0.05) is 0 Å². The third-order valence-electron chi connectivity index (χ3n) is 2.05. The number of aromatic nitrogens is 1. The zero-order valence-corrected chi connectivity index (χ0v) is 9.39. The van der Waals surface area contributed by atoms with Crippen molar-refractivity contribution in [2.45, 2.75) is 6.18 Å². The summed E-state index contributed by atoms with van der Waals surface area (Å²) >= 11 is 0. The van der Waals surface area contributed by atoms with E-state index in [2.05, 4.69) is 4.98 Å². The molecule has 0 aliphatic rings. The van der Waals surface area contributed by atoms with E-state index in [1.807, 2.05) is 0 Å². The maximum absolute atomic E-state index is 12.5. The van der Waals surface area contributed by atoms with E-state index in [9.17, 15) is 22.8 Å². The van der Waals surface area contributed by atoms with Crippen LogP contribution < -0.4 is 4.90 Å². The average Bonchev–Trinajstić information content (AvgIpc) is 2.26. The van der Waals surface area contributed by atoms with Gasteiger partial charge in [0.1, 0.15) is 18.9 Å². The number of nitrogens with zero attached hydrogens (tertiary/aromatic N) is 2. The number of carboxylic acids is 2. The van der Waals surface area contributed by atoms with E-state index in [0.29, 0.717) is 12.1 Å².